The van der Waals surface area contributed by atoms with Crippen molar-refractivity contribution < 1.29 is 35.1 Å². The van der Waals surface area contributed by atoms with E-state index in [-0.39, 0.29) is 16.8 Å². The minimum Gasteiger partial charge on any atom is -0.382 e. The van der Waals surface area contributed by atoms with Gasteiger partial charge in [0, 0.05) is 22.8 Å². The number of aliphatic hydroxyl groups excluding tert-OH is 1. The summed E-state index contributed by atoms with van der Waals surface area (Å²) in [5.74, 6) is 0. The molecule has 0 rings (SSSR count). The number of alkyl halides is 3. The predicted molar refractivity (Wildman–Crippen MR) is 39.8 cm³/mol. The van der Waals surface area contributed by atoms with E-state index in [1.807, 2.05) is 0 Å². The first-order valence-corrected chi connectivity index (χ1v) is 3.75. The molecule has 0 aromatic heterocycles. The molecule has 2 unspecified atom stereocenters. The molecule has 0 aromatic rings. The van der Waals surface area contributed by atoms with E-state index < -0.39 is 18.3 Å². The van der Waals surface area contributed by atoms with Crippen molar-refractivity contribution in [3.8, 4) is 0 Å². The number of hydrogen-bond acceptors (Lipinski definition) is 2. The van der Waals surface area contributed by atoms with Crippen molar-refractivity contribution in [2.24, 2.45) is 0 Å². The van der Waals surface area contributed by atoms with Crippen LogP contribution in [0.2, 0.25) is 0 Å². The SMILES string of the molecule is CCN(C)C(C)C(O)C(F)(F)F.[Co]. The zero-order valence-corrected chi connectivity index (χ0v) is 8.76. The van der Waals surface area contributed by atoms with Gasteiger partial charge < -0.3 is 10.0 Å². The minimum absolute atomic E-state index is 0. The molecule has 0 aliphatic rings. The summed E-state index contributed by atoms with van der Waals surface area (Å²) >= 11 is 0. The van der Waals surface area contributed by atoms with Crippen LogP contribution in [0.1, 0.15) is 13.8 Å². The van der Waals surface area contributed by atoms with Crippen molar-refractivity contribution in [2.45, 2.75) is 32.2 Å². The van der Waals surface area contributed by atoms with Crippen molar-refractivity contribution in [2.75, 3.05) is 13.6 Å². The molecule has 0 saturated carbocycles. The summed E-state index contributed by atoms with van der Waals surface area (Å²) in [5.41, 5.74) is 0. The fourth-order valence-electron chi connectivity index (χ4n) is 0.803. The van der Waals surface area contributed by atoms with E-state index in [9.17, 15) is 13.2 Å². The fourth-order valence-corrected chi connectivity index (χ4v) is 0.803. The Morgan fingerprint density at radius 2 is 1.77 bits per heavy atom. The molecule has 0 heterocycles. The molecule has 0 amide bonds. The summed E-state index contributed by atoms with van der Waals surface area (Å²) in [7, 11) is 1.54. The van der Waals surface area contributed by atoms with Crippen molar-refractivity contribution in [3.63, 3.8) is 0 Å². The van der Waals surface area contributed by atoms with Crippen molar-refractivity contribution >= 4 is 0 Å². The molecule has 0 aliphatic carbocycles. The molecule has 0 spiro atoms. The van der Waals surface area contributed by atoms with Crippen LogP contribution in [0.25, 0.3) is 0 Å². The van der Waals surface area contributed by atoms with Gasteiger partial charge in [-0.25, -0.2) is 0 Å². The largest absolute Gasteiger partial charge is 0.415 e. The maximum absolute atomic E-state index is 11.9. The van der Waals surface area contributed by atoms with E-state index in [0.717, 1.165) is 0 Å². The molecule has 2 atom stereocenters. The summed E-state index contributed by atoms with van der Waals surface area (Å²) in [6.07, 6.45) is -6.79. The van der Waals surface area contributed by atoms with Gasteiger partial charge >= 0.3 is 6.18 Å². The molecule has 0 saturated heterocycles. The van der Waals surface area contributed by atoms with Gasteiger partial charge in [-0.3, -0.25) is 0 Å². The van der Waals surface area contributed by atoms with Crippen LogP contribution in [0.3, 0.4) is 0 Å². The Balaban J connectivity index is 0. The van der Waals surface area contributed by atoms with Gasteiger partial charge in [0.2, 0.25) is 0 Å². The van der Waals surface area contributed by atoms with Gasteiger partial charge in [0.1, 0.15) is 0 Å². The Bertz CT molecular complexity index is 142. The van der Waals surface area contributed by atoms with Gasteiger partial charge in [-0.05, 0) is 20.5 Å². The standard InChI is InChI=1S/C7H14F3NO.Co/c1-4-11(3)5(2)6(12)7(8,9)10;/h5-6,12H,4H2,1-3H3;. The van der Waals surface area contributed by atoms with Crippen molar-refractivity contribution in [1.29, 1.82) is 0 Å². The normalized spacial score (nSPS) is 16.6. The average molecular weight is 244 g/mol. The Labute approximate surface area is 86.3 Å². The van der Waals surface area contributed by atoms with Gasteiger partial charge in [-0.2, -0.15) is 13.2 Å². The molecule has 6 heteroatoms. The Morgan fingerprint density at radius 3 is 2.00 bits per heavy atom. The predicted octanol–water partition coefficient (Wildman–Crippen LogP) is 1.25. The first-order valence-electron chi connectivity index (χ1n) is 3.75. The van der Waals surface area contributed by atoms with Gasteiger partial charge in [0.05, 0.1) is 0 Å². The van der Waals surface area contributed by atoms with E-state index in [4.69, 9.17) is 5.11 Å². The molecule has 13 heavy (non-hydrogen) atoms. The van der Waals surface area contributed by atoms with Crippen LogP contribution in [0.4, 0.5) is 13.2 Å². The van der Waals surface area contributed by atoms with Gasteiger partial charge in [0.15, 0.2) is 6.10 Å². The Kier molecular flexibility index (Phi) is 7.05. The maximum atomic E-state index is 11.9. The van der Waals surface area contributed by atoms with Crippen LogP contribution >= 0.6 is 0 Å². The van der Waals surface area contributed by atoms with E-state index >= 15 is 0 Å². The molecule has 1 N–H and O–H groups in total. The van der Waals surface area contributed by atoms with Crippen LogP contribution < -0.4 is 0 Å². The van der Waals surface area contributed by atoms with Crippen LogP contribution in [-0.2, 0) is 16.8 Å². The quantitative estimate of drug-likeness (QED) is 0.807. The molecule has 83 valence electrons. The zero-order chi connectivity index (χ0) is 9.94. The number of likely N-dealkylation sites (N-methyl/N-ethyl adjacent to an activating group) is 1. The van der Waals surface area contributed by atoms with Crippen LogP contribution in [0.15, 0.2) is 0 Å². The molecule has 0 bridgehead atoms. The summed E-state index contributed by atoms with van der Waals surface area (Å²) in [5, 5.41) is 8.79. The number of nitrogens with zero attached hydrogens (tertiary/aromatic N) is 1. The van der Waals surface area contributed by atoms with Crippen molar-refractivity contribution in [3.05, 3.63) is 0 Å². The van der Waals surface area contributed by atoms with E-state index in [1.54, 1.807) is 14.0 Å². The van der Waals surface area contributed by atoms with Gasteiger partial charge in [0.25, 0.3) is 0 Å². The maximum Gasteiger partial charge on any atom is 0.415 e. The van der Waals surface area contributed by atoms with Gasteiger partial charge in [-0.15, -0.1) is 0 Å². The molecular weight excluding hydrogens is 230 g/mol. The minimum atomic E-state index is -4.52. The van der Waals surface area contributed by atoms with Crippen molar-refractivity contribution in [1.82, 2.24) is 4.90 Å². The Hall–Kier alpha value is 0.216. The molecular formula is C7H14CoF3NO. The van der Waals surface area contributed by atoms with E-state index in [0.29, 0.717) is 6.54 Å². The van der Waals surface area contributed by atoms with Crippen LogP contribution in [0, 0.1) is 0 Å². The second-order valence-electron chi connectivity index (χ2n) is 2.80. The fraction of sp³-hybridized carbons (Fsp3) is 1.00. The summed E-state index contributed by atoms with van der Waals surface area (Å²) in [4.78, 5) is 1.44. The Morgan fingerprint density at radius 1 is 1.38 bits per heavy atom. The summed E-state index contributed by atoms with van der Waals surface area (Å²) < 4.78 is 35.8. The number of rotatable bonds is 3. The third-order valence-corrected chi connectivity index (χ3v) is 1.99. The van der Waals surface area contributed by atoms with E-state index in [1.165, 1.54) is 11.8 Å². The first-order chi connectivity index (χ1) is 5.30. The first kappa shape index (κ1) is 15.7. The van der Waals surface area contributed by atoms with E-state index in [2.05, 4.69) is 0 Å². The second-order valence-corrected chi connectivity index (χ2v) is 2.80. The summed E-state index contributed by atoms with van der Waals surface area (Å²) in [6, 6.07) is -0.894. The number of hydrogen-bond donors (Lipinski definition) is 1. The average Bonchev–Trinajstić information content (AvgIpc) is 1.98. The molecule has 0 aromatic carbocycles. The van der Waals surface area contributed by atoms with Crippen LogP contribution in [-0.4, -0.2) is 41.9 Å². The molecule has 1 radical (unpaired) electrons. The smallest absolute Gasteiger partial charge is 0.382 e. The molecule has 0 fully saturated rings. The topological polar surface area (TPSA) is 23.5 Å². The zero-order valence-electron chi connectivity index (χ0n) is 7.72. The third-order valence-electron chi connectivity index (χ3n) is 1.99. The van der Waals surface area contributed by atoms with Gasteiger partial charge in [-0.1, -0.05) is 6.92 Å². The monoisotopic (exact) mass is 244 g/mol. The third kappa shape index (κ3) is 4.85. The van der Waals surface area contributed by atoms with Crippen LogP contribution in [0.5, 0.6) is 0 Å². The second kappa shape index (κ2) is 5.84. The number of halogens is 3. The number of aliphatic hydroxyl groups is 1. The molecule has 2 nitrogen and oxygen atoms in total. The molecule has 0 aliphatic heterocycles. The summed E-state index contributed by atoms with van der Waals surface area (Å²) in [6.45, 7) is 3.57.